The molecule has 0 bridgehead atoms. The van der Waals surface area contributed by atoms with E-state index in [2.05, 4.69) is 11.9 Å². The van der Waals surface area contributed by atoms with Gasteiger partial charge in [-0.2, -0.15) is 0 Å². The standard InChI is InChI=1S/C11H15ClN2O4/c1-2-3-4-17-5-6-18-11-8-9(14(15)16)7-10(12)13-11/h7-8H,2-6H2,1H3. The van der Waals surface area contributed by atoms with Gasteiger partial charge in [-0.15, -0.1) is 0 Å². The minimum atomic E-state index is -0.543. The molecule has 0 aliphatic rings. The number of ether oxygens (including phenoxy) is 2. The van der Waals surface area contributed by atoms with Crippen molar-refractivity contribution >= 4 is 17.3 Å². The Morgan fingerprint density at radius 3 is 2.83 bits per heavy atom. The van der Waals surface area contributed by atoms with Crippen LogP contribution in [-0.2, 0) is 4.74 Å². The summed E-state index contributed by atoms with van der Waals surface area (Å²) in [6.45, 7) is 3.47. The zero-order valence-corrected chi connectivity index (χ0v) is 10.9. The van der Waals surface area contributed by atoms with Crippen LogP contribution in [0, 0.1) is 10.1 Å². The lowest BCUT2D eigenvalue weighted by molar-refractivity contribution is -0.385. The number of nitrogens with zero attached hydrogens (tertiary/aromatic N) is 2. The van der Waals surface area contributed by atoms with Crippen LogP contribution in [0.25, 0.3) is 0 Å². The van der Waals surface area contributed by atoms with E-state index >= 15 is 0 Å². The summed E-state index contributed by atoms with van der Waals surface area (Å²) >= 11 is 5.65. The third kappa shape index (κ3) is 5.29. The Labute approximate surface area is 110 Å². The third-order valence-electron chi connectivity index (χ3n) is 2.09. The van der Waals surface area contributed by atoms with Crippen LogP contribution >= 0.6 is 11.6 Å². The molecule has 100 valence electrons. The molecule has 6 nitrogen and oxygen atoms in total. The summed E-state index contributed by atoms with van der Waals surface area (Å²) in [6, 6.07) is 2.41. The second-order valence-corrected chi connectivity index (χ2v) is 3.95. The van der Waals surface area contributed by atoms with Crippen molar-refractivity contribution in [1.29, 1.82) is 0 Å². The molecular weight excluding hydrogens is 260 g/mol. The molecule has 1 aromatic rings. The van der Waals surface area contributed by atoms with E-state index in [4.69, 9.17) is 21.1 Å². The van der Waals surface area contributed by atoms with E-state index in [1.165, 1.54) is 12.1 Å². The Morgan fingerprint density at radius 2 is 2.17 bits per heavy atom. The van der Waals surface area contributed by atoms with Crippen molar-refractivity contribution in [1.82, 2.24) is 4.98 Å². The maximum Gasteiger partial charge on any atom is 0.277 e. The molecule has 0 amide bonds. The van der Waals surface area contributed by atoms with Crippen LogP contribution in [-0.4, -0.2) is 29.7 Å². The average molecular weight is 275 g/mol. The first-order chi connectivity index (χ1) is 8.63. The van der Waals surface area contributed by atoms with Gasteiger partial charge >= 0.3 is 0 Å². The Hall–Kier alpha value is -1.40. The van der Waals surface area contributed by atoms with Gasteiger partial charge in [0.1, 0.15) is 11.8 Å². The number of halogens is 1. The maximum atomic E-state index is 10.6. The van der Waals surface area contributed by atoms with Gasteiger partial charge < -0.3 is 9.47 Å². The molecule has 0 spiro atoms. The molecule has 0 saturated heterocycles. The van der Waals surface area contributed by atoms with Gasteiger partial charge in [0.25, 0.3) is 5.69 Å². The number of nitro groups is 1. The topological polar surface area (TPSA) is 74.5 Å². The smallest absolute Gasteiger partial charge is 0.277 e. The van der Waals surface area contributed by atoms with Crippen LogP contribution < -0.4 is 4.74 Å². The summed E-state index contributed by atoms with van der Waals surface area (Å²) in [5, 5.41) is 10.6. The van der Waals surface area contributed by atoms with Crippen LogP contribution in [0.3, 0.4) is 0 Å². The first-order valence-corrected chi connectivity index (χ1v) is 6.03. The van der Waals surface area contributed by atoms with Crippen LogP contribution in [0.5, 0.6) is 5.88 Å². The summed E-state index contributed by atoms with van der Waals surface area (Å²) in [6.07, 6.45) is 2.07. The van der Waals surface area contributed by atoms with E-state index in [1.807, 2.05) is 0 Å². The molecule has 1 aromatic heterocycles. The SMILES string of the molecule is CCCCOCCOc1cc([N+](=O)[O-])cc(Cl)n1. The molecule has 0 aliphatic heterocycles. The Balaban J connectivity index is 2.40. The molecule has 1 heterocycles. The summed E-state index contributed by atoms with van der Waals surface area (Å²) in [4.78, 5) is 13.9. The number of hydrogen-bond acceptors (Lipinski definition) is 5. The number of rotatable bonds is 8. The van der Waals surface area contributed by atoms with E-state index < -0.39 is 4.92 Å². The van der Waals surface area contributed by atoms with Gasteiger partial charge in [0.05, 0.1) is 23.7 Å². The molecular formula is C11H15ClN2O4. The van der Waals surface area contributed by atoms with E-state index in [0.717, 1.165) is 12.8 Å². The lowest BCUT2D eigenvalue weighted by atomic mass is 10.4. The van der Waals surface area contributed by atoms with Gasteiger partial charge in [-0.25, -0.2) is 4.98 Å². The molecule has 0 N–H and O–H groups in total. The fourth-order valence-corrected chi connectivity index (χ4v) is 1.39. The van der Waals surface area contributed by atoms with Crippen molar-refractivity contribution in [3.05, 3.63) is 27.4 Å². The monoisotopic (exact) mass is 274 g/mol. The summed E-state index contributed by atoms with van der Waals surface area (Å²) < 4.78 is 10.5. The molecule has 0 aromatic carbocycles. The van der Waals surface area contributed by atoms with Crippen molar-refractivity contribution in [2.24, 2.45) is 0 Å². The van der Waals surface area contributed by atoms with Crippen molar-refractivity contribution in [2.75, 3.05) is 19.8 Å². The van der Waals surface area contributed by atoms with Gasteiger partial charge in [-0.3, -0.25) is 10.1 Å². The highest BCUT2D eigenvalue weighted by Crippen LogP contribution is 2.21. The Kier molecular flexibility index (Phi) is 6.38. The molecule has 0 radical (unpaired) electrons. The molecule has 0 aliphatic carbocycles. The first-order valence-electron chi connectivity index (χ1n) is 5.66. The lowest BCUT2D eigenvalue weighted by Gasteiger charge is -2.06. The van der Waals surface area contributed by atoms with Gasteiger partial charge in [0, 0.05) is 6.61 Å². The predicted octanol–water partition coefficient (Wildman–Crippen LogP) is 2.84. The zero-order valence-electron chi connectivity index (χ0n) is 10.1. The second-order valence-electron chi connectivity index (χ2n) is 3.56. The van der Waals surface area contributed by atoms with Crippen LogP contribution in [0.15, 0.2) is 12.1 Å². The number of aromatic nitrogens is 1. The zero-order chi connectivity index (χ0) is 13.4. The highest BCUT2D eigenvalue weighted by Gasteiger charge is 2.10. The van der Waals surface area contributed by atoms with Gasteiger partial charge in [0.15, 0.2) is 0 Å². The second kappa shape index (κ2) is 7.84. The summed E-state index contributed by atoms with van der Waals surface area (Å²) in [7, 11) is 0. The molecule has 0 unspecified atom stereocenters. The fraction of sp³-hybridized carbons (Fsp3) is 0.545. The quantitative estimate of drug-likeness (QED) is 0.315. The van der Waals surface area contributed by atoms with Crippen LogP contribution in [0.2, 0.25) is 5.15 Å². The van der Waals surface area contributed by atoms with E-state index in [-0.39, 0.29) is 23.3 Å². The van der Waals surface area contributed by atoms with Gasteiger partial charge in [0.2, 0.25) is 5.88 Å². The summed E-state index contributed by atoms with van der Waals surface area (Å²) in [5.74, 6) is 0.133. The molecule has 7 heteroatoms. The van der Waals surface area contributed by atoms with E-state index in [0.29, 0.717) is 13.2 Å². The molecule has 0 fully saturated rings. The van der Waals surface area contributed by atoms with E-state index in [9.17, 15) is 10.1 Å². The minimum absolute atomic E-state index is 0.0334. The third-order valence-corrected chi connectivity index (χ3v) is 2.28. The first kappa shape index (κ1) is 14.7. The van der Waals surface area contributed by atoms with Gasteiger partial charge in [-0.1, -0.05) is 24.9 Å². The minimum Gasteiger partial charge on any atom is -0.475 e. The summed E-state index contributed by atoms with van der Waals surface area (Å²) in [5.41, 5.74) is -0.142. The van der Waals surface area contributed by atoms with Crippen molar-refractivity contribution in [2.45, 2.75) is 19.8 Å². The Bertz CT molecular complexity index is 401. The number of unbranched alkanes of at least 4 members (excludes halogenated alkanes) is 1. The Morgan fingerprint density at radius 1 is 1.39 bits per heavy atom. The highest BCUT2D eigenvalue weighted by atomic mass is 35.5. The highest BCUT2D eigenvalue weighted by molar-refractivity contribution is 6.29. The average Bonchev–Trinajstić information content (AvgIpc) is 2.33. The fourth-order valence-electron chi connectivity index (χ4n) is 1.19. The largest absolute Gasteiger partial charge is 0.475 e. The molecule has 0 saturated carbocycles. The van der Waals surface area contributed by atoms with Gasteiger partial charge in [-0.05, 0) is 6.42 Å². The lowest BCUT2D eigenvalue weighted by Crippen LogP contribution is -2.08. The predicted molar refractivity (Wildman–Crippen MR) is 67.1 cm³/mol. The van der Waals surface area contributed by atoms with Crippen molar-refractivity contribution in [3.8, 4) is 5.88 Å². The molecule has 1 rings (SSSR count). The van der Waals surface area contributed by atoms with Crippen LogP contribution in [0.4, 0.5) is 5.69 Å². The van der Waals surface area contributed by atoms with Crippen molar-refractivity contribution < 1.29 is 14.4 Å². The maximum absolute atomic E-state index is 10.6. The number of hydrogen-bond donors (Lipinski definition) is 0. The van der Waals surface area contributed by atoms with Crippen LogP contribution in [0.1, 0.15) is 19.8 Å². The molecule has 0 atom stereocenters. The normalized spacial score (nSPS) is 10.3. The number of pyridine rings is 1. The van der Waals surface area contributed by atoms with E-state index in [1.54, 1.807) is 0 Å². The molecule has 18 heavy (non-hydrogen) atoms. The van der Waals surface area contributed by atoms with Crippen molar-refractivity contribution in [3.63, 3.8) is 0 Å².